The Kier molecular flexibility index (Phi) is 5.20. The zero-order valence-corrected chi connectivity index (χ0v) is 11.5. The predicted octanol–water partition coefficient (Wildman–Crippen LogP) is 3.83. The van der Waals surface area contributed by atoms with Crippen LogP contribution in [0, 0.1) is 6.92 Å². The summed E-state index contributed by atoms with van der Waals surface area (Å²) in [6.45, 7) is 6.06. The van der Waals surface area contributed by atoms with Crippen molar-refractivity contribution in [1.82, 2.24) is 0 Å². The smallest absolute Gasteiger partial charge is 0.329 e. The van der Waals surface area contributed by atoms with Crippen molar-refractivity contribution >= 4 is 11.7 Å². The topological polar surface area (TPSA) is 49.3 Å². The van der Waals surface area contributed by atoms with Crippen LogP contribution in [0.4, 0.5) is 5.69 Å². The molecule has 1 aromatic rings. The number of carboxylic acid groups (broad SMARTS) is 1. The van der Waals surface area contributed by atoms with E-state index in [1.807, 2.05) is 45.0 Å². The van der Waals surface area contributed by atoms with E-state index in [-0.39, 0.29) is 0 Å². The Hall–Kier alpha value is -1.51. The number of anilines is 1. The highest BCUT2D eigenvalue weighted by molar-refractivity contribution is 5.82. The van der Waals surface area contributed by atoms with Crippen molar-refractivity contribution in [2.45, 2.75) is 52.0 Å². The summed E-state index contributed by atoms with van der Waals surface area (Å²) in [5.74, 6) is -0.758. The second-order valence-corrected chi connectivity index (χ2v) is 4.88. The van der Waals surface area contributed by atoms with Gasteiger partial charge in [0.2, 0.25) is 0 Å². The Morgan fingerprint density at radius 2 is 1.67 bits per heavy atom. The van der Waals surface area contributed by atoms with Gasteiger partial charge < -0.3 is 10.4 Å². The lowest BCUT2D eigenvalue weighted by atomic mass is 9.88. The molecule has 3 heteroatoms. The Bertz CT molecular complexity index is 378. The van der Waals surface area contributed by atoms with Crippen LogP contribution in [0.1, 0.15) is 45.1 Å². The molecule has 1 aromatic carbocycles. The van der Waals surface area contributed by atoms with E-state index in [4.69, 9.17) is 0 Å². The Balaban J connectivity index is 2.95. The van der Waals surface area contributed by atoms with E-state index < -0.39 is 11.5 Å². The molecule has 0 spiro atoms. The van der Waals surface area contributed by atoms with Gasteiger partial charge in [-0.3, -0.25) is 0 Å². The maximum Gasteiger partial charge on any atom is 0.329 e. The summed E-state index contributed by atoms with van der Waals surface area (Å²) in [5, 5.41) is 12.8. The summed E-state index contributed by atoms with van der Waals surface area (Å²) < 4.78 is 0. The second kappa shape index (κ2) is 6.43. The first kappa shape index (κ1) is 14.6. The van der Waals surface area contributed by atoms with Gasteiger partial charge in [-0.1, -0.05) is 44.4 Å². The molecule has 100 valence electrons. The predicted molar refractivity (Wildman–Crippen MR) is 75.0 cm³/mol. The third-order valence-electron chi connectivity index (χ3n) is 3.20. The summed E-state index contributed by atoms with van der Waals surface area (Å²) >= 11 is 0. The van der Waals surface area contributed by atoms with Crippen LogP contribution in [-0.4, -0.2) is 16.6 Å². The molecule has 0 saturated heterocycles. The van der Waals surface area contributed by atoms with Crippen LogP contribution in [0.25, 0.3) is 0 Å². The number of carbonyl (C=O) groups is 1. The first-order valence-electron chi connectivity index (χ1n) is 6.62. The molecule has 0 aliphatic rings. The van der Waals surface area contributed by atoms with E-state index in [0.29, 0.717) is 12.8 Å². The molecule has 0 aromatic heterocycles. The SMILES string of the molecule is CCCC(CCC)(Nc1ccc(C)cc1)C(=O)O. The molecule has 0 saturated carbocycles. The van der Waals surface area contributed by atoms with E-state index in [1.165, 1.54) is 5.56 Å². The lowest BCUT2D eigenvalue weighted by Crippen LogP contribution is -2.46. The lowest BCUT2D eigenvalue weighted by molar-refractivity contribution is -0.142. The number of nitrogens with one attached hydrogen (secondary N) is 1. The minimum Gasteiger partial charge on any atom is -0.480 e. The molecule has 3 nitrogen and oxygen atoms in total. The van der Waals surface area contributed by atoms with E-state index >= 15 is 0 Å². The molecule has 18 heavy (non-hydrogen) atoms. The highest BCUT2D eigenvalue weighted by Crippen LogP contribution is 2.26. The van der Waals surface area contributed by atoms with Gasteiger partial charge in [-0.2, -0.15) is 0 Å². The maximum atomic E-state index is 11.6. The number of benzene rings is 1. The van der Waals surface area contributed by atoms with Crippen LogP contribution in [-0.2, 0) is 4.79 Å². The first-order chi connectivity index (χ1) is 8.54. The van der Waals surface area contributed by atoms with E-state index in [9.17, 15) is 9.90 Å². The van der Waals surface area contributed by atoms with Gasteiger partial charge >= 0.3 is 5.97 Å². The van der Waals surface area contributed by atoms with Crippen LogP contribution < -0.4 is 5.32 Å². The maximum absolute atomic E-state index is 11.6. The summed E-state index contributed by atoms with van der Waals surface area (Å²) in [6, 6.07) is 7.87. The number of rotatable bonds is 7. The highest BCUT2D eigenvalue weighted by Gasteiger charge is 2.36. The minimum absolute atomic E-state index is 0.643. The van der Waals surface area contributed by atoms with Gasteiger partial charge in [0.25, 0.3) is 0 Å². The van der Waals surface area contributed by atoms with Gasteiger partial charge in [-0.05, 0) is 31.9 Å². The monoisotopic (exact) mass is 249 g/mol. The molecule has 0 unspecified atom stereocenters. The quantitative estimate of drug-likeness (QED) is 0.772. The molecule has 0 heterocycles. The van der Waals surface area contributed by atoms with Crippen molar-refractivity contribution < 1.29 is 9.90 Å². The normalized spacial score (nSPS) is 11.3. The summed E-state index contributed by atoms with van der Waals surface area (Å²) in [4.78, 5) is 11.6. The molecule has 0 radical (unpaired) electrons. The first-order valence-corrected chi connectivity index (χ1v) is 6.62. The van der Waals surface area contributed by atoms with Gasteiger partial charge in [0.05, 0.1) is 0 Å². The van der Waals surface area contributed by atoms with Crippen molar-refractivity contribution in [3.8, 4) is 0 Å². The Morgan fingerprint density at radius 3 is 2.06 bits per heavy atom. The lowest BCUT2D eigenvalue weighted by Gasteiger charge is -2.31. The third-order valence-corrected chi connectivity index (χ3v) is 3.20. The molecule has 0 amide bonds. The minimum atomic E-state index is -0.835. The Labute approximate surface area is 109 Å². The van der Waals surface area contributed by atoms with Crippen molar-refractivity contribution in [1.29, 1.82) is 0 Å². The summed E-state index contributed by atoms with van der Waals surface area (Å²) in [7, 11) is 0. The van der Waals surface area contributed by atoms with E-state index in [1.54, 1.807) is 0 Å². The highest BCUT2D eigenvalue weighted by atomic mass is 16.4. The van der Waals surface area contributed by atoms with Crippen LogP contribution in [0.5, 0.6) is 0 Å². The number of hydrogen-bond donors (Lipinski definition) is 2. The largest absolute Gasteiger partial charge is 0.480 e. The number of aryl methyl sites for hydroxylation is 1. The zero-order chi connectivity index (χ0) is 13.6. The van der Waals surface area contributed by atoms with Crippen LogP contribution in [0.3, 0.4) is 0 Å². The molecule has 0 fully saturated rings. The average molecular weight is 249 g/mol. The van der Waals surface area contributed by atoms with Gasteiger partial charge in [0.15, 0.2) is 0 Å². The van der Waals surface area contributed by atoms with Crippen molar-refractivity contribution in [2.24, 2.45) is 0 Å². The summed E-state index contributed by atoms with van der Waals surface area (Å²) in [5.41, 5.74) is 1.22. The van der Waals surface area contributed by atoms with Crippen LogP contribution >= 0.6 is 0 Å². The number of carboxylic acids is 1. The molecule has 0 aliphatic heterocycles. The van der Waals surface area contributed by atoms with Gasteiger partial charge in [-0.15, -0.1) is 0 Å². The molecular weight excluding hydrogens is 226 g/mol. The van der Waals surface area contributed by atoms with Gasteiger partial charge in [0.1, 0.15) is 5.54 Å². The Morgan fingerprint density at radius 1 is 1.17 bits per heavy atom. The van der Waals surface area contributed by atoms with Crippen molar-refractivity contribution in [3.63, 3.8) is 0 Å². The average Bonchev–Trinajstić information content (AvgIpc) is 2.32. The van der Waals surface area contributed by atoms with Gasteiger partial charge in [0, 0.05) is 5.69 Å². The fourth-order valence-electron chi connectivity index (χ4n) is 2.28. The number of aliphatic carboxylic acids is 1. The molecule has 0 atom stereocenters. The fraction of sp³-hybridized carbons (Fsp3) is 0.533. The third kappa shape index (κ3) is 3.49. The molecule has 0 bridgehead atoms. The van der Waals surface area contributed by atoms with Gasteiger partial charge in [-0.25, -0.2) is 4.79 Å². The molecule has 0 aliphatic carbocycles. The molecule has 2 N–H and O–H groups in total. The van der Waals surface area contributed by atoms with Crippen LogP contribution in [0.15, 0.2) is 24.3 Å². The molecule has 1 rings (SSSR count). The zero-order valence-electron chi connectivity index (χ0n) is 11.5. The number of hydrogen-bond acceptors (Lipinski definition) is 2. The van der Waals surface area contributed by atoms with Crippen molar-refractivity contribution in [2.75, 3.05) is 5.32 Å². The molecular formula is C15H23NO2. The van der Waals surface area contributed by atoms with Crippen molar-refractivity contribution in [3.05, 3.63) is 29.8 Å². The van der Waals surface area contributed by atoms with Crippen LogP contribution in [0.2, 0.25) is 0 Å². The van der Waals surface area contributed by atoms with E-state index in [0.717, 1.165) is 18.5 Å². The second-order valence-electron chi connectivity index (χ2n) is 4.88. The summed E-state index contributed by atoms with van der Waals surface area (Å²) in [6.07, 6.45) is 2.99. The fourth-order valence-corrected chi connectivity index (χ4v) is 2.28. The van der Waals surface area contributed by atoms with E-state index in [2.05, 4.69) is 5.32 Å². The standard InChI is InChI=1S/C15H23NO2/c1-4-10-15(11-5-2,14(17)18)16-13-8-6-12(3)7-9-13/h6-9,16H,4-5,10-11H2,1-3H3,(H,17,18).